The van der Waals surface area contributed by atoms with Gasteiger partial charge in [0.25, 0.3) is 5.69 Å². The number of piperidine rings is 1. The molecule has 0 N–H and O–H groups in total. The van der Waals surface area contributed by atoms with Crippen molar-refractivity contribution in [2.24, 2.45) is 7.05 Å². The van der Waals surface area contributed by atoms with E-state index in [1.54, 1.807) is 12.1 Å². The van der Waals surface area contributed by atoms with E-state index in [-0.39, 0.29) is 10.6 Å². The molecular formula is C15H18N4O2. The number of rotatable bonds is 3. The summed E-state index contributed by atoms with van der Waals surface area (Å²) in [6, 6.07) is 9.04. The second kappa shape index (κ2) is 5.55. The maximum atomic E-state index is 11.1. The van der Waals surface area contributed by atoms with Crippen LogP contribution in [0.3, 0.4) is 0 Å². The molecule has 110 valence electrons. The average Bonchev–Trinajstić information content (AvgIpc) is 2.93. The van der Waals surface area contributed by atoms with Crippen LogP contribution in [-0.2, 0) is 7.05 Å². The van der Waals surface area contributed by atoms with E-state index in [9.17, 15) is 10.1 Å². The highest BCUT2D eigenvalue weighted by molar-refractivity contribution is 5.63. The van der Waals surface area contributed by atoms with Gasteiger partial charge in [-0.1, -0.05) is 12.1 Å². The van der Waals surface area contributed by atoms with Crippen molar-refractivity contribution in [1.29, 1.82) is 0 Å². The van der Waals surface area contributed by atoms with Crippen LogP contribution >= 0.6 is 0 Å². The van der Waals surface area contributed by atoms with Crippen LogP contribution in [0.5, 0.6) is 0 Å². The molecule has 6 heteroatoms. The highest BCUT2D eigenvalue weighted by Gasteiger charge is 2.26. The molecule has 1 aromatic carbocycles. The maximum absolute atomic E-state index is 11.1. The van der Waals surface area contributed by atoms with Gasteiger partial charge in [0.1, 0.15) is 5.69 Å². The Balaban J connectivity index is 1.75. The number of aryl methyl sites for hydroxylation is 1. The number of aromatic nitrogens is 2. The van der Waals surface area contributed by atoms with Crippen LogP contribution in [0.4, 0.5) is 11.4 Å². The first-order chi connectivity index (χ1) is 10.2. The second-order valence-corrected chi connectivity index (χ2v) is 5.39. The van der Waals surface area contributed by atoms with Crippen molar-refractivity contribution < 1.29 is 4.92 Å². The van der Waals surface area contributed by atoms with Crippen LogP contribution in [0.15, 0.2) is 36.5 Å². The maximum Gasteiger partial charge on any atom is 0.292 e. The lowest BCUT2D eigenvalue weighted by Gasteiger charge is -2.33. The van der Waals surface area contributed by atoms with E-state index in [1.807, 2.05) is 30.1 Å². The summed E-state index contributed by atoms with van der Waals surface area (Å²) in [6.45, 7) is 1.67. The molecule has 1 fully saturated rings. The Labute approximate surface area is 123 Å². The molecule has 3 rings (SSSR count). The summed E-state index contributed by atoms with van der Waals surface area (Å²) in [5, 5.41) is 15.3. The van der Waals surface area contributed by atoms with E-state index in [0.717, 1.165) is 31.6 Å². The van der Waals surface area contributed by atoms with Crippen molar-refractivity contribution in [3.05, 3.63) is 52.3 Å². The van der Waals surface area contributed by atoms with Crippen LogP contribution < -0.4 is 4.90 Å². The van der Waals surface area contributed by atoms with E-state index >= 15 is 0 Å². The van der Waals surface area contributed by atoms with Gasteiger partial charge in [-0.3, -0.25) is 14.8 Å². The van der Waals surface area contributed by atoms with E-state index < -0.39 is 0 Å². The third-order valence-electron chi connectivity index (χ3n) is 4.19. The summed E-state index contributed by atoms with van der Waals surface area (Å²) in [5.41, 5.74) is 2.17. The van der Waals surface area contributed by atoms with Gasteiger partial charge in [0.05, 0.1) is 4.92 Å². The third kappa shape index (κ3) is 2.61. The molecule has 0 unspecified atom stereocenters. The van der Waals surface area contributed by atoms with Gasteiger partial charge in [0, 0.05) is 44.0 Å². The topological polar surface area (TPSA) is 64.2 Å². The largest absolute Gasteiger partial charge is 0.366 e. The lowest BCUT2D eigenvalue weighted by Crippen LogP contribution is -2.33. The Bertz CT molecular complexity index is 645. The van der Waals surface area contributed by atoms with Crippen molar-refractivity contribution in [2.75, 3.05) is 18.0 Å². The number of anilines is 1. The third-order valence-corrected chi connectivity index (χ3v) is 4.19. The summed E-state index contributed by atoms with van der Waals surface area (Å²) < 4.78 is 1.92. The first kappa shape index (κ1) is 13.6. The van der Waals surface area contributed by atoms with E-state index in [2.05, 4.69) is 16.1 Å². The number of para-hydroxylation sites is 2. The normalized spacial score (nSPS) is 16.1. The molecule has 0 radical (unpaired) electrons. The Kier molecular flexibility index (Phi) is 3.60. The zero-order chi connectivity index (χ0) is 14.8. The summed E-state index contributed by atoms with van der Waals surface area (Å²) >= 11 is 0. The number of benzene rings is 1. The molecule has 0 atom stereocenters. The zero-order valence-electron chi connectivity index (χ0n) is 12.0. The molecule has 1 aliphatic rings. The van der Waals surface area contributed by atoms with E-state index in [0.29, 0.717) is 5.92 Å². The minimum atomic E-state index is -0.303. The zero-order valence-corrected chi connectivity index (χ0v) is 12.0. The Hall–Kier alpha value is -2.37. The Morgan fingerprint density at radius 2 is 1.95 bits per heavy atom. The van der Waals surface area contributed by atoms with Gasteiger partial charge in [0.15, 0.2) is 0 Å². The van der Waals surface area contributed by atoms with Crippen LogP contribution in [0.25, 0.3) is 0 Å². The monoisotopic (exact) mass is 286 g/mol. The van der Waals surface area contributed by atoms with Gasteiger partial charge in [-0.05, 0) is 25.0 Å². The molecule has 0 aliphatic carbocycles. The molecule has 0 spiro atoms. The molecule has 0 bridgehead atoms. The Morgan fingerprint density at radius 3 is 2.57 bits per heavy atom. The average molecular weight is 286 g/mol. The summed E-state index contributed by atoms with van der Waals surface area (Å²) in [4.78, 5) is 12.9. The van der Waals surface area contributed by atoms with Crippen LogP contribution in [-0.4, -0.2) is 27.8 Å². The second-order valence-electron chi connectivity index (χ2n) is 5.39. The minimum absolute atomic E-state index is 0.191. The molecule has 2 heterocycles. The molecule has 2 aromatic rings. The molecule has 21 heavy (non-hydrogen) atoms. The van der Waals surface area contributed by atoms with E-state index in [1.165, 1.54) is 5.69 Å². The molecular weight excluding hydrogens is 268 g/mol. The van der Waals surface area contributed by atoms with Crippen LogP contribution in [0, 0.1) is 10.1 Å². The standard InChI is InChI=1S/C15H18N4O2/c1-17-13(6-9-16-17)12-7-10-18(11-8-12)14-4-2-3-5-15(14)19(20)21/h2-6,9,12H,7-8,10-11H2,1H3. The fraction of sp³-hybridized carbons (Fsp3) is 0.400. The predicted molar refractivity (Wildman–Crippen MR) is 80.5 cm³/mol. The van der Waals surface area contributed by atoms with Crippen molar-refractivity contribution in [3.63, 3.8) is 0 Å². The highest BCUT2D eigenvalue weighted by atomic mass is 16.6. The van der Waals surface area contributed by atoms with Crippen molar-refractivity contribution in [1.82, 2.24) is 9.78 Å². The van der Waals surface area contributed by atoms with Gasteiger partial charge in [-0.2, -0.15) is 5.10 Å². The molecule has 1 aliphatic heterocycles. The minimum Gasteiger partial charge on any atom is -0.366 e. The van der Waals surface area contributed by atoms with E-state index in [4.69, 9.17) is 0 Å². The van der Waals surface area contributed by atoms with Gasteiger partial charge in [0.2, 0.25) is 0 Å². The van der Waals surface area contributed by atoms with Gasteiger partial charge in [-0.25, -0.2) is 0 Å². The summed E-state index contributed by atoms with van der Waals surface area (Å²) in [5.74, 6) is 0.483. The lowest BCUT2D eigenvalue weighted by atomic mass is 9.93. The summed E-state index contributed by atoms with van der Waals surface area (Å²) in [7, 11) is 1.96. The lowest BCUT2D eigenvalue weighted by molar-refractivity contribution is -0.384. The first-order valence-corrected chi connectivity index (χ1v) is 7.13. The molecule has 6 nitrogen and oxygen atoms in total. The van der Waals surface area contributed by atoms with Crippen LogP contribution in [0.2, 0.25) is 0 Å². The predicted octanol–water partition coefficient (Wildman–Crippen LogP) is 2.71. The molecule has 0 amide bonds. The quantitative estimate of drug-likeness (QED) is 0.643. The Morgan fingerprint density at radius 1 is 1.24 bits per heavy atom. The fourth-order valence-electron chi connectivity index (χ4n) is 3.09. The van der Waals surface area contributed by atoms with Crippen molar-refractivity contribution in [2.45, 2.75) is 18.8 Å². The van der Waals surface area contributed by atoms with Crippen molar-refractivity contribution >= 4 is 11.4 Å². The van der Waals surface area contributed by atoms with Gasteiger partial charge >= 0.3 is 0 Å². The summed E-state index contributed by atoms with van der Waals surface area (Å²) in [6.07, 6.45) is 3.81. The van der Waals surface area contributed by atoms with Gasteiger partial charge in [-0.15, -0.1) is 0 Å². The number of nitro groups is 1. The SMILES string of the molecule is Cn1nccc1C1CCN(c2ccccc2[N+](=O)[O-])CC1. The fourth-order valence-corrected chi connectivity index (χ4v) is 3.09. The molecule has 1 saturated heterocycles. The number of hydrogen-bond acceptors (Lipinski definition) is 4. The van der Waals surface area contributed by atoms with Crippen molar-refractivity contribution in [3.8, 4) is 0 Å². The first-order valence-electron chi connectivity index (χ1n) is 7.13. The van der Waals surface area contributed by atoms with Crippen LogP contribution in [0.1, 0.15) is 24.5 Å². The highest BCUT2D eigenvalue weighted by Crippen LogP contribution is 2.34. The van der Waals surface area contributed by atoms with Gasteiger partial charge < -0.3 is 4.90 Å². The molecule has 0 saturated carbocycles. The molecule has 1 aromatic heterocycles. The number of nitro benzene ring substituents is 1. The number of hydrogen-bond donors (Lipinski definition) is 0. The smallest absolute Gasteiger partial charge is 0.292 e. The number of nitrogens with zero attached hydrogens (tertiary/aromatic N) is 4.